The van der Waals surface area contributed by atoms with E-state index >= 15 is 0 Å². The average Bonchev–Trinajstić information content (AvgIpc) is 2.85. The van der Waals surface area contributed by atoms with Gasteiger partial charge in [0.15, 0.2) is 0 Å². The van der Waals surface area contributed by atoms with Crippen molar-refractivity contribution in [2.24, 2.45) is 0 Å². The van der Waals surface area contributed by atoms with Crippen LogP contribution in [0, 0.1) is 6.92 Å². The third-order valence-corrected chi connectivity index (χ3v) is 5.10. The Morgan fingerprint density at radius 1 is 0.697 bits per heavy atom. The summed E-state index contributed by atoms with van der Waals surface area (Å²) in [6.45, 7) is 2.42. The summed E-state index contributed by atoms with van der Waals surface area (Å²) in [5.41, 5.74) is 3.35. The number of hydrogen-bond donors (Lipinski definition) is 2. The summed E-state index contributed by atoms with van der Waals surface area (Å²) in [6.07, 6.45) is 0. The molecule has 0 saturated heterocycles. The van der Waals surface area contributed by atoms with E-state index in [1.54, 1.807) is 42.5 Å². The molecule has 164 valence electrons. The lowest BCUT2D eigenvalue weighted by Crippen LogP contribution is -2.25. The SMILES string of the molecule is Cc1ccc(CNC(=O)c2ccccc2NC(=O)c2ccccc2Oc2ccccc2)cc1. The molecule has 0 heterocycles. The van der Waals surface area contributed by atoms with Gasteiger partial charge in [-0.05, 0) is 48.9 Å². The van der Waals surface area contributed by atoms with E-state index in [0.29, 0.717) is 34.9 Å². The van der Waals surface area contributed by atoms with Crippen LogP contribution in [0.5, 0.6) is 11.5 Å². The average molecular weight is 437 g/mol. The molecule has 0 fully saturated rings. The molecule has 2 N–H and O–H groups in total. The van der Waals surface area contributed by atoms with E-state index in [2.05, 4.69) is 10.6 Å². The second kappa shape index (κ2) is 10.3. The molecule has 0 spiro atoms. The number of ether oxygens (including phenoxy) is 1. The normalized spacial score (nSPS) is 10.3. The van der Waals surface area contributed by atoms with Gasteiger partial charge in [-0.1, -0.05) is 72.3 Å². The summed E-state index contributed by atoms with van der Waals surface area (Å²) in [7, 11) is 0. The van der Waals surface area contributed by atoms with Crippen LogP contribution in [0.2, 0.25) is 0 Å². The van der Waals surface area contributed by atoms with E-state index in [-0.39, 0.29) is 11.8 Å². The summed E-state index contributed by atoms with van der Waals surface area (Å²) >= 11 is 0. The van der Waals surface area contributed by atoms with Crippen LogP contribution in [0.1, 0.15) is 31.8 Å². The highest BCUT2D eigenvalue weighted by atomic mass is 16.5. The number of amides is 2. The summed E-state index contributed by atoms with van der Waals surface area (Å²) < 4.78 is 5.90. The molecule has 0 radical (unpaired) electrons. The lowest BCUT2D eigenvalue weighted by molar-refractivity contribution is 0.0952. The Morgan fingerprint density at radius 3 is 2.09 bits per heavy atom. The third-order valence-electron chi connectivity index (χ3n) is 5.10. The van der Waals surface area contributed by atoms with Crippen molar-refractivity contribution in [3.63, 3.8) is 0 Å². The van der Waals surface area contributed by atoms with E-state index in [0.717, 1.165) is 11.1 Å². The second-order valence-corrected chi connectivity index (χ2v) is 7.58. The Bertz CT molecular complexity index is 1250. The summed E-state index contributed by atoms with van der Waals surface area (Å²) in [4.78, 5) is 25.9. The Balaban J connectivity index is 1.49. The number of rotatable bonds is 7. The minimum atomic E-state index is -0.361. The molecule has 5 heteroatoms. The van der Waals surface area contributed by atoms with Crippen molar-refractivity contribution in [1.29, 1.82) is 0 Å². The zero-order chi connectivity index (χ0) is 23.0. The molecule has 4 aromatic rings. The van der Waals surface area contributed by atoms with Crippen molar-refractivity contribution >= 4 is 17.5 Å². The van der Waals surface area contributed by atoms with Crippen LogP contribution in [-0.4, -0.2) is 11.8 Å². The highest BCUT2D eigenvalue weighted by molar-refractivity contribution is 6.10. The second-order valence-electron chi connectivity index (χ2n) is 7.58. The van der Waals surface area contributed by atoms with Crippen molar-refractivity contribution < 1.29 is 14.3 Å². The zero-order valence-electron chi connectivity index (χ0n) is 18.2. The summed E-state index contributed by atoms with van der Waals surface area (Å²) in [6, 6.07) is 31.2. The van der Waals surface area contributed by atoms with Gasteiger partial charge in [-0.2, -0.15) is 0 Å². The molecule has 0 saturated carbocycles. The van der Waals surface area contributed by atoms with Crippen molar-refractivity contribution in [2.45, 2.75) is 13.5 Å². The van der Waals surface area contributed by atoms with Gasteiger partial charge in [-0.3, -0.25) is 9.59 Å². The Morgan fingerprint density at radius 2 is 1.33 bits per heavy atom. The van der Waals surface area contributed by atoms with Crippen LogP contribution in [0.3, 0.4) is 0 Å². The van der Waals surface area contributed by atoms with Crippen LogP contribution in [-0.2, 0) is 6.54 Å². The number of carbonyl (C=O) groups excluding carboxylic acids is 2. The molecule has 0 aromatic heterocycles. The summed E-state index contributed by atoms with van der Waals surface area (Å²) in [5, 5.41) is 5.78. The van der Waals surface area contributed by atoms with E-state index in [1.807, 2.05) is 67.6 Å². The first kappa shape index (κ1) is 21.8. The molecule has 0 aliphatic carbocycles. The number of nitrogens with one attached hydrogen (secondary N) is 2. The molecule has 2 amide bonds. The van der Waals surface area contributed by atoms with Gasteiger partial charge in [-0.25, -0.2) is 0 Å². The van der Waals surface area contributed by atoms with Crippen LogP contribution < -0.4 is 15.4 Å². The van der Waals surface area contributed by atoms with Crippen LogP contribution in [0.25, 0.3) is 0 Å². The number of aryl methyl sites for hydroxylation is 1. The first-order valence-electron chi connectivity index (χ1n) is 10.7. The molecule has 0 aliphatic heterocycles. The fraction of sp³-hybridized carbons (Fsp3) is 0.0714. The molecule has 0 unspecified atom stereocenters. The predicted octanol–water partition coefficient (Wildman–Crippen LogP) is 5.97. The molecular formula is C28H24N2O3. The van der Waals surface area contributed by atoms with E-state index in [4.69, 9.17) is 4.74 Å². The van der Waals surface area contributed by atoms with Crippen molar-refractivity contribution in [1.82, 2.24) is 5.32 Å². The molecule has 0 bridgehead atoms. The number of benzene rings is 4. The minimum Gasteiger partial charge on any atom is -0.457 e. The molecule has 33 heavy (non-hydrogen) atoms. The lowest BCUT2D eigenvalue weighted by atomic mass is 10.1. The van der Waals surface area contributed by atoms with Crippen molar-refractivity contribution in [3.05, 3.63) is 125 Å². The van der Waals surface area contributed by atoms with Gasteiger partial charge in [0.05, 0.1) is 16.8 Å². The fourth-order valence-electron chi connectivity index (χ4n) is 3.32. The van der Waals surface area contributed by atoms with Crippen molar-refractivity contribution in [2.75, 3.05) is 5.32 Å². The highest BCUT2D eigenvalue weighted by Crippen LogP contribution is 2.26. The smallest absolute Gasteiger partial charge is 0.259 e. The van der Waals surface area contributed by atoms with Gasteiger partial charge in [0.2, 0.25) is 0 Å². The molecule has 0 atom stereocenters. The monoisotopic (exact) mass is 436 g/mol. The molecule has 4 aromatic carbocycles. The van der Waals surface area contributed by atoms with E-state index in [9.17, 15) is 9.59 Å². The number of anilines is 1. The fourth-order valence-corrected chi connectivity index (χ4v) is 3.32. The van der Waals surface area contributed by atoms with Gasteiger partial charge >= 0.3 is 0 Å². The Hall–Kier alpha value is -4.38. The topological polar surface area (TPSA) is 67.4 Å². The van der Waals surface area contributed by atoms with Crippen LogP contribution >= 0.6 is 0 Å². The predicted molar refractivity (Wildman–Crippen MR) is 130 cm³/mol. The maximum atomic E-state index is 13.1. The van der Waals surface area contributed by atoms with E-state index < -0.39 is 0 Å². The van der Waals surface area contributed by atoms with Gasteiger partial charge in [0, 0.05) is 6.54 Å². The van der Waals surface area contributed by atoms with Gasteiger partial charge in [0.1, 0.15) is 11.5 Å². The van der Waals surface area contributed by atoms with Crippen LogP contribution in [0.15, 0.2) is 103 Å². The third kappa shape index (κ3) is 5.66. The minimum absolute atomic E-state index is 0.264. The number of hydrogen-bond acceptors (Lipinski definition) is 3. The first-order chi connectivity index (χ1) is 16.1. The molecular weight excluding hydrogens is 412 g/mol. The van der Waals surface area contributed by atoms with Gasteiger partial charge in [-0.15, -0.1) is 0 Å². The lowest BCUT2D eigenvalue weighted by Gasteiger charge is -2.14. The molecule has 4 rings (SSSR count). The maximum Gasteiger partial charge on any atom is 0.259 e. The quantitative estimate of drug-likeness (QED) is 0.375. The first-order valence-corrected chi connectivity index (χ1v) is 10.7. The van der Waals surface area contributed by atoms with E-state index in [1.165, 1.54) is 0 Å². The molecule has 5 nitrogen and oxygen atoms in total. The number of para-hydroxylation sites is 3. The number of carbonyl (C=O) groups is 2. The zero-order valence-corrected chi connectivity index (χ0v) is 18.2. The van der Waals surface area contributed by atoms with Gasteiger partial charge in [0.25, 0.3) is 11.8 Å². The Kier molecular flexibility index (Phi) is 6.81. The van der Waals surface area contributed by atoms with Gasteiger partial charge < -0.3 is 15.4 Å². The molecule has 0 aliphatic rings. The maximum absolute atomic E-state index is 13.1. The standard InChI is InChI=1S/C28H24N2O3/c1-20-15-17-21(18-16-20)19-29-27(31)23-11-5-7-13-25(23)30-28(32)24-12-6-8-14-26(24)33-22-9-3-2-4-10-22/h2-18H,19H2,1H3,(H,29,31)(H,30,32). The largest absolute Gasteiger partial charge is 0.457 e. The Labute approximate surface area is 193 Å². The van der Waals surface area contributed by atoms with Crippen LogP contribution in [0.4, 0.5) is 5.69 Å². The van der Waals surface area contributed by atoms with Crippen molar-refractivity contribution in [3.8, 4) is 11.5 Å². The highest BCUT2D eigenvalue weighted by Gasteiger charge is 2.17. The summed E-state index contributed by atoms with van der Waals surface area (Å²) in [5.74, 6) is 0.441.